The van der Waals surface area contributed by atoms with Crippen molar-refractivity contribution in [1.82, 2.24) is 19.5 Å². The fourth-order valence-corrected chi connectivity index (χ4v) is 6.86. The molecule has 0 saturated heterocycles. The van der Waals surface area contributed by atoms with Crippen molar-refractivity contribution in [3.63, 3.8) is 0 Å². The van der Waals surface area contributed by atoms with Crippen molar-refractivity contribution >= 4 is 60.8 Å². The van der Waals surface area contributed by atoms with Crippen LogP contribution in [0.4, 0.5) is 5.13 Å². The first kappa shape index (κ1) is 26.7. The number of thiazole rings is 1. The van der Waals surface area contributed by atoms with E-state index in [1.54, 1.807) is 23.8 Å². The van der Waals surface area contributed by atoms with E-state index in [9.17, 15) is 14.7 Å². The number of benzene rings is 2. The van der Waals surface area contributed by atoms with Crippen molar-refractivity contribution in [2.45, 2.75) is 13.5 Å². The summed E-state index contributed by atoms with van der Waals surface area (Å²) in [4.78, 5) is 39.1. The predicted octanol–water partition coefficient (Wildman–Crippen LogP) is 7.75. The first-order valence-electron chi connectivity index (χ1n) is 13.4. The zero-order valence-corrected chi connectivity index (χ0v) is 24.4. The van der Waals surface area contributed by atoms with Gasteiger partial charge < -0.3 is 15.0 Å². The number of carbonyl (C=O) groups is 2. The third-order valence-electron chi connectivity index (χ3n) is 7.13. The summed E-state index contributed by atoms with van der Waals surface area (Å²) in [6.45, 7) is 2.00. The van der Waals surface area contributed by atoms with Crippen molar-refractivity contribution < 1.29 is 14.7 Å². The van der Waals surface area contributed by atoms with E-state index in [2.05, 4.69) is 21.4 Å². The highest BCUT2D eigenvalue weighted by molar-refractivity contribution is 7.21. The number of amides is 1. The van der Waals surface area contributed by atoms with Gasteiger partial charge >= 0.3 is 5.97 Å². The molecule has 43 heavy (non-hydrogen) atoms. The molecule has 8 nitrogen and oxygen atoms in total. The minimum atomic E-state index is -1.00. The third kappa shape index (κ3) is 5.07. The van der Waals surface area contributed by atoms with Crippen molar-refractivity contribution in [1.29, 1.82) is 0 Å². The SMILES string of the molecule is Cc1ccnc(-c2ccc3cc(-c4c(-c5ccccc5)c5sc(C(=O)O)cc5n4CC(=O)Nc4nccs4)ccc3n2)c1. The lowest BCUT2D eigenvalue weighted by Crippen LogP contribution is -2.19. The monoisotopic (exact) mass is 601 g/mol. The van der Waals surface area contributed by atoms with Crippen LogP contribution in [0.25, 0.3) is 54.9 Å². The molecular formula is C33H23N5O3S2. The molecule has 1 amide bonds. The molecule has 7 rings (SSSR count). The predicted molar refractivity (Wildman–Crippen MR) is 172 cm³/mol. The van der Waals surface area contributed by atoms with Crippen LogP contribution < -0.4 is 5.32 Å². The summed E-state index contributed by atoms with van der Waals surface area (Å²) >= 11 is 2.55. The summed E-state index contributed by atoms with van der Waals surface area (Å²) in [5, 5.41) is 15.9. The molecule has 5 heterocycles. The lowest BCUT2D eigenvalue weighted by atomic mass is 9.99. The van der Waals surface area contributed by atoms with E-state index in [1.807, 2.05) is 78.2 Å². The van der Waals surface area contributed by atoms with Crippen molar-refractivity contribution in [2.75, 3.05) is 5.32 Å². The van der Waals surface area contributed by atoms with Gasteiger partial charge in [-0.3, -0.25) is 9.78 Å². The van der Waals surface area contributed by atoms with Crippen LogP contribution in [0.1, 0.15) is 15.2 Å². The second-order valence-electron chi connectivity index (χ2n) is 10.0. The van der Waals surface area contributed by atoms with Crippen LogP contribution in [-0.2, 0) is 11.3 Å². The Morgan fingerprint density at radius 3 is 2.53 bits per heavy atom. The van der Waals surface area contributed by atoms with Gasteiger partial charge in [-0.15, -0.1) is 22.7 Å². The summed E-state index contributed by atoms with van der Waals surface area (Å²) in [6, 6.07) is 25.5. The van der Waals surface area contributed by atoms with Gasteiger partial charge in [0.15, 0.2) is 5.13 Å². The van der Waals surface area contributed by atoms with Gasteiger partial charge in [0, 0.05) is 28.7 Å². The molecule has 210 valence electrons. The van der Waals surface area contributed by atoms with E-state index < -0.39 is 5.97 Å². The molecule has 0 saturated carbocycles. The van der Waals surface area contributed by atoms with E-state index in [-0.39, 0.29) is 17.3 Å². The zero-order valence-electron chi connectivity index (χ0n) is 22.8. The van der Waals surface area contributed by atoms with Crippen LogP contribution in [0.5, 0.6) is 0 Å². The van der Waals surface area contributed by atoms with Gasteiger partial charge in [-0.1, -0.05) is 42.5 Å². The quantitative estimate of drug-likeness (QED) is 0.193. The summed E-state index contributed by atoms with van der Waals surface area (Å²) in [5.74, 6) is -1.26. The van der Waals surface area contributed by atoms with E-state index in [0.29, 0.717) is 10.6 Å². The van der Waals surface area contributed by atoms with E-state index in [0.717, 1.165) is 54.9 Å². The van der Waals surface area contributed by atoms with Gasteiger partial charge in [-0.05, 0) is 60.0 Å². The van der Waals surface area contributed by atoms with Gasteiger partial charge in [-0.25, -0.2) is 14.8 Å². The number of carboxylic acids is 1. The van der Waals surface area contributed by atoms with Crippen LogP contribution in [0.2, 0.25) is 0 Å². The second-order valence-corrected chi connectivity index (χ2v) is 12.0. The minimum absolute atomic E-state index is 0.0255. The molecule has 5 aromatic heterocycles. The summed E-state index contributed by atoms with van der Waals surface area (Å²) in [6.07, 6.45) is 3.42. The number of nitrogens with one attached hydrogen (secondary N) is 1. The topological polar surface area (TPSA) is 110 Å². The number of fused-ring (bicyclic) bond motifs is 2. The molecule has 0 aliphatic carbocycles. The highest BCUT2D eigenvalue weighted by Gasteiger charge is 2.25. The van der Waals surface area contributed by atoms with Crippen LogP contribution in [-0.4, -0.2) is 36.5 Å². The maximum absolute atomic E-state index is 13.3. The molecular weight excluding hydrogens is 579 g/mol. The number of pyridine rings is 2. The average molecular weight is 602 g/mol. The molecule has 0 bridgehead atoms. The number of anilines is 1. The number of hydrogen-bond donors (Lipinski definition) is 2. The molecule has 2 N–H and O–H groups in total. The van der Waals surface area contributed by atoms with Crippen LogP contribution in [0.3, 0.4) is 0 Å². The van der Waals surface area contributed by atoms with Crippen LogP contribution >= 0.6 is 22.7 Å². The highest BCUT2D eigenvalue weighted by atomic mass is 32.1. The number of rotatable bonds is 7. The van der Waals surface area contributed by atoms with Gasteiger partial charge in [0.2, 0.25) is 5.91 Å². The van der Waals surface area contributed by atoms with E-state index >= 15 is 0 Å². The third-order valence-corrected chi connectivity index (χ3v) is 8.95. The number of thiophene rings is 1. The fraction of sp³-hybridized carbons (Fsp3) is 0.0606. The average Bonchev–Trinajstić information content (AvgIpc) is 3.75. The largest absolute Gasteiger partial charge is 0.477 e. The number of carbonyl (C=O) groups excluding carboxylic acids is 1. The van der Waals surface area contributed by atoms with Crippen LogP contribution in [0, 0.1) is 6.92 Å². The Balaban J connectivity index is 1.42. The first-order valence-corrected chi connectivity index (χ1v) is 15.1. The molecule has 7 aromatic rings. The van der Waals surface area contributed by atoms with Crippen molar-refractivity contribution in [2.24, 2.45) is 0 Å². The van der Waals surface area contributed by atoms with E-state index in [4.69, 9.17) is 4.98 Å². The minimum Gasteiger partial charge on any atom is -0.477 e. The highest BCUT2D eigenvalue weighted by Crippen LogP contribution is 2.45. The number of carboxylic acid groups (broad SMARTS) is 1. The smallest absolute Gasteiger partial charge is 0.345 e. The molecule has 0 aliphatic rings. The van der Waals surface area contributed by atoms with Crippen molar-refractivity contribution in [3.05, 3.63) is 107 Å². The lowest BCUT2D eigenvalue weighted by Gasteiger charge is -2.14. The Bertz CT molecular complexity index is 2150. The summed E-state index contributed by atoms with van der Waals surface area (Å²) in [5.41, 5.74) is 7.74. The van der Waals surface area contributed by atoms with Crippen molar-refractivity contribution in [3.8, 4) is 33.8 Å². The Hall–Kier alpha value is -5.19. The number of aryl methyl sites for hydroxylation is 1. The molecule has 0 unspecified atom stereocenters. The number of aromatic nitrogens is 4. The van der Waals surface area contributed by atoms with E-state index in [1.165, 1.54) is 22.7 Å². The van der Waals surface area contributed by atoms with Gasteiger partial charge in [-0.2, -0.15) is 0 Å². The molecule has 0 spiro atoms. The van der Waals surface area contributed by atoms with Crippen LogP contribution in [0.15, 0.2) is 96.6 Å². The Kier molecular flexibility index (Phi) is 6.77. The lowest BCUT2D eigenvalue weighted by molar-refractivity contribution is -0.116. The Morgan fingerprint density at radius 2 is 1.77 bits per heavy atom. The normalized spacial score (nSPS) is 11.3. The zero-order chi connectivity index (χ0) is 29.5. The van der Waals surface area contributed by atoms with Gasteiger partial charge in [0.05, 0.1) is 32.8 Å². The molecule has 0 aliphatic heterocycles. The summed E-state index contributed by atoms with van der Waals surface area (Å²) in [7, 11) is 0. The fourth-order valence-electron chi connectivity index (χ4n) is 5.25. The number of aromatic carboxylic acids is 1. The molecule has 0 atom stereocenters. The second kappa shape index (κ2) is 10.9. The Morgan fingerprint density at radius 1 is 0.907 bits per heavy atom. The van der Waals surface area contributed by atoms with Gasteiger partial charge in [0.25, 0.3) is 0 Å². The standard InChI is InChI=1S/C33H23N5O3S2/c1-19-11-12-34-25(15-19)24-10-7-21-16-22(8-9-23(21)36-24)30-29(20-5-3-2-4-6-20)31-26(17-27(43-31)32(40)41)38(30)18-28(39)37-33-35-13-14-42-33/h2-17H,18H2,1H3,(H,40,41)(H,35,37,39). The molecule has 0 fully saturated rings. The summed E-state index contributed by atoms with van der Waals surface area (Å²) < 4.78 is 2.71. The maximum atomic E-state index is 13.3. The number of hydrogen-bond acceptors (Lipinski definition) is 7. The molecule has 10 heteroatoms. The number of nitrogens with zero attached hydrogens (tertiary/aromatic N) is 4. The first-order chi connectivity index (χ1) is 20.9. The molecule has 0 radical (unpaired) electrons. The van der Waals surface area contributed by atoms with Gasteiger partial charge in [0.1, 0.15) is 11.4 Å². The molecule has 2 aromatic carbocycles. The maximum Gasteiger partial charge on any atom is 0.345 e. The Labute approximate surface area is 254 Å².